The average Bonchev–Trinajstić information content (AvgIpc) is 3.02. The normalized spacial score (nSPS) is 10.3. The molecular formula is C18H16FN5O3. The number of aromatic nitrogens is 1. The highest BCUT2D eigenvalue weighted by Crippen LogP contribution is 2.19. The number of nitrogens with zero attached hydrogens (tertiary/aromatic N) is 1. The third-order valence-corrected chi connectivity index (χ3v) is 3.83. The maximum absolute atomic E-state index is 12.8. The molecule has 0 fully saturated rings. The second-order valence-electron chi connectivity index (χ2n) is 5.67. The number of hydrogen-bond donors (Lipinski definition) is 4. The van der Waals surface area contributed by atoms with E-state index < -0.39 is 23.7 Å². The van der Waals surface area contributed by atoms with Crippen LogP contribution in [0.1, 0.15) is 20.7 Å². The molecule has 4 amide bonds. The van der Waals surface area contributed by atoms with Crippen LogP contribution in [0.25, 0.3) is 10.9 Å². The molecule has 1 heterocycles. The van der Waals surface area contributed by atoms with E-state index >= 15 is 0 Å². The number of para-hydroxylation sites is 1. The Hall–Kier alpha value is -3.88. The number of amides is 4. The van der Waals surface area contributed by atoms with Gasteiger partial charge >= 0.3 is 6.03 Å². The van der Waals surface area contributed by atoms with E-state index in [1.807, 2.05) is 25.2 Å². The van der Waals surface area contributed by atoms with Crippen LogP contribution in [0, 0.1) is 5.82 Å². The van der Waals surface area contributed by atoms with Crippen LogP contribution in [-0.2, 0) is 7.05 Å². The van der Waals surface area contributed by atoms with Crippen LogP contribution in [0.15, 0.2) is 54.7 Å². The quantitative estimate of drug-likeness (QED) is 0.516. The van der Waals surface area contributed by atoms with Gasteiger partial charge in [-0.05, 0) is 30.3 Å². The van der Waals surface area contributed by atoms with Gasteiger partial charge < -0.3 is 4.57 Å². The minimum atomic E-state index is -0.848. The number of nitrogens with one attached hydrogen (secondary N) is 4. The molecule has 2 aromatic carbocycles. The van der Waals surface area contributed by atoms with E-state index in [2.05, 4.69) is 21.7 Å². The van der Waals surface area contributed by atoms with Crippen molar-refractivity contribution in [2.24, 2.45) is 7.05 Å². The molecule has 138 valence electrons. The molecule has 0 aliphatic heterocycles. The van der Waals surface area contributed by atoms with Gasteiger partial charge in [0.05, 0.1) is 5.56 Å². The summed E-state index contributed by atoms with van der Waals surface area (Å²) in [6, 6.07) is 11.3. The number of carbonyl (C=O) groups is 3. The van der Waals surface area contributed by atoms with Gasteiger partial charge in [-0.25, -0.2) is 20.0 Å². The number of aryl methyl sites for hydroxylation is 1. The van der Waals surface area contributed by atoms with E-state index in [1.54, 1.807) is 16.8 Å². The van der Waals surface area contributed by atoms with Gasteiger partial charge in [-0.3, -0.25) is 20.4 Å². The molecule has 0 atom stereocenters. The van der Waals surface area contributed by atoms with Crippen molar-refractivity contribution in [3.63, 3.8) is 0 Å². The predicted octanol–water partition coefficient (Wildman–Crippen LogP) is 1.61. The van der Waals surface area contributed by atoms with E-state index in [4.69, 9.17) is 0 Å². The Balaban J connectivity index is 1.53. The third kappa shape index (κ3) is 4.03. The molecule has 0 bridgehead atoms. The third-order valence-electron chi connectivity index (χ3n) is 3.83. The Labute approximate surface area is 153 Å². The molecule has 27 heavy (non-hydrogen) atoms. The summed E-state index contributed by atoms with van der Waals surface area (Å²) in [5.74, 6) is -1.62. The average molecular weight is 369 g/mol. The van der Waals surface area contributed by atoms with Crippen molar-refractivity contribution in [3.05, 3.63) is 71.7 Å². The zero-order valence-electron chi connectivity index (χ0n) is 14.2. The summed E-state index contributed by atoms with van der Waals surface area (Å²) >= 11 is 0. The molecule has 9 heteroatoms. The van der Waals surface area contributed by atoms with Crippen LogP contribution in [0.3, 0.4) is 0 Å². The summed E-state index contributed by atoms with van der Waals surface area (Å²) in [6.45, 7) is 0. The van der Waals surface area contributed by atoms with Gasteiger partial charge in [0.15, 0.2) is 0 Å². The van der Waals surface area contributed by atoms with Crippen LogP contribution in [-0.4, -0.2) is 22.4 Å². The number of rotatable bonds is 2. The molecular weight excluding hydrogens is 353 g/mol. The highest BCUT2D eigenvalue weighted by molar-refractivity contribution is 6.07. The van der Waals surface area contributed by atoms with E-state index in [9.17, 15) is 18.8 Å². The summed E-state index contributed by atoms with van der Waals surface area (Å²) < 4.78 is 14.6. The maximum atomic E-state index is 12.8. The molecule has 0 radical (unpaired) electrons. The first-order valence-corrected chi connectivity index (χ1v) is 7.92. The van der Waals surface area contributed by atoms with E-state index in [0.717, 1.165) is 23.0 Å². The fourth-order valence-electron chi connectivity index (χ4n) is 2.52. The monoisotopic (exact) mass is 369 g/mol. The SMILES string of the molecule is Cn1cc(C(=O)NNC(=O)NNC(=O)c2ccc(F)cc2)c2ccccc21. The predicted molar refractivity (Wildman–Crippen MR) is 95.9 cm³/mol. The molecule has 0 aliphatic carbocycles. The minimum absolute atomic E-state index is 0.163. The molecule has 8 nitrogen and oxygen atoms in total. The molecule has 0 aliphatic rings. The molecule has 3 rings (SSSR count). The fraction of sp³-hybridized carbons (Fsp3) is 0.0556. The number of benzene rings is 2. The van der Waals surface area contributed by atoms with Gasteiger partial charge in [-0.15, -0.1) is 0 Å². The van der Waals surface area contributed by atoms with E-state index in [1.165, 1.54) is 12.1 Å². The van der Waals surface area contributed by atoms with Gasteiger partial charge in [-0.2, -0.15) is 0 Å². The second-order valence-corrected chi connectivity index (χ2v) is 5.67. The highest BCUT2D eigenvalue weighted by Gasteiger charge is 2.14. The van der Waals surface area contributed by atoms with Crippen LogP contribution in [0.4, 0.5) is 9.18 Å². The van der Waals surface area contributed by atoms with Crippen LogP contribution >= 0.6 is 0 Å². The molecule has 0 saturated carbocycles. The van der Waals surface area contributed by atoms with Gasteiger partial charge in [0, 0.05) is 29.7 Å². The molecule has 1 aromatic heterocycles. The number of carbonyl (C=O) groups excluding carboxylic acids is 3. The number of urea groups is 1. The Morgan fingerprint density at radius 2 is 1.48 bits per heavy atom. The smallest absolute Gasteiger partial charge is 0.350 e. The van der Waals surface area contributed by atoms with Crippen molar-refractivity contribution in [3.8, 4) is 0 Å². The lowest BCUT2D eigenvalue weighted by molar-refractivity contribution is 0.0929. The van der Waals surface area contributed by atoms with E-state index in [0.29, 0.717) is 5.56 Å². The Bertz CT molecular complexity index is 1010. The number of fused-ring (bicyclic) bond motifs is 1. The lowest BCUT2D eigenvalue weighted by Crippen LogP contribution is -2.52. The minimum Gasteiger partial charge on any atom is -0.350 e. The number of hydrazine groups is 2. The van der Waals surface area contributed by atoms with Crippen molar-refractivity contribution in [1.29, 1.82) is 0 Å². The first-order chi connectivity index (χ1) is 13.0. The lowest BCUT2D eigenvalue weighted by Gasteiger charge is -2.09. The zero-order chi connectivity index (χ0) is 19.4. The Kier molecular flexibility index (Phi) is 5.02. The van der Waals surface area contributed by atoms with Crippen LogP contribution in [0.2, 0.25) is 0 Å². The topological polar surface area (TPSA) is 104 Å². The lowest BCUT2D eigenvalue weighted by atomic mass is 10.2. The largest absolute Gasteiger partial charge is 0.352 e. The molecule has 3 aromatic rings. The number of hydrogen-bond acceptors (Lipinski definition) is 3. The summed E-state index contributed by atoms with van der Waals surface area (Å²) in [6.07, 6.45) is 1.65. The molecule has 4 N–H and O–H groups in total. The summed E-state index contributed by atoms with van der Waals surface area (Å²) in [4.78, 5) is 35.8. The molecule has 0 saturated heterocycles. The van der Waals surface area contributed by atoms with Crippen molar-refractivity contribution >= 4 is 28.7 Å². The highest BCUT2D eigenvalue weighted by atomic mass is 19.1. The standard InChI is InChI=1S/C18H16FN5O3/c1-24-10-14(13-4-2-3-5-15(13)24)17(26)21-23-18(27)22-20-16(25)11-6-8-12(19)9-7-11/h2-10H,1H3,(H,20,25)(H,21,26)(H2,22,23,27). The van der Waals surface area contributed by atoms with Gasteiger partial charge in [-0.1, -0.05) is 18.2 Å². The van der Waals surface area contributed by atoms with Gasteiger partial charge in [0.1, 0.15) is 5.82 Å². The fourth-order valence-corrected chi connectivity index (χ4v) is 2.52. The maximum Gasteiger partial charge on any atom is 0.352 e. The van der Waals surface area contributed by atoms with Crippen LogP contribution in [0.5, 0.6) is 0 Å². The van der Waals surface area contributed by atoms with Crippen molar-refractivity contribution in [2.75, 3.05) is 0 Å². The summed E-state index contributed by atoms with van der Waals surface area (Å²) in [7, 11) is 1.81. The van der Waals surface area contributed by atoms with Crippen LogP contribution < -0.4 is 21.7 Å². The molecule has 0 unspecified atom stereocenters. The molecule has 0 spiro atoms. The second kappa shape index (κ2) is 7.56. The van der Waals surface area contributed by atoms with Crippen molar-refractivity contribution in [1.82, 2.24) is 26.3 Å². The zero-order valence-corrected chi connectivity index (χ0v) is 14.2. The van der Waals surface area contributed by atoms with Crippen molar-refractivity contribution in [2.45, 2.75) is 0 Å². The van der Waals surface area contributed by atoms with Gasteiger partial charge in [0.25, 0.3) is 11.8 Å². The summed E-state index contributed by atoms with van der Waals surface area (Å²) in [5.41, 5.74) is 10.0. The Morgan fingerprint density at radius 3 is 2.19 bits per heavy atom. The van der Waals surface area contributed by atoms with Crippen molar-refractivity contribution < 1.29 is 18.8 Å². The van der Waals surface area contributed by atoms with Gasteiger partial charge in [0.2, 0.25) is 0 Å². The first-order valence-electron chi connectivity index (χ1n) is 7.92. The first kappa shape index (κ1) is 17.9. The number of halogens is 1. The summed E-state index contributed by atoms with van der Waals surface area (Å²) in [5, 5.41) is 0.740. The van der Waals surface area contributed by atoms with E-state index in [-0.39, 0.29) is 5.56 Å². The Morgan fingerprint density at radius 1 is 0.852 bits per heavy atom.